The Balaban J connectivity index is 1.99. The van der Waals surface area contributed by atoms with Gasteiger partial charge in [-0.2, -0.15) is 0 Å². The van der Waals surface area contributed by atoms with E-state index in [4.69, 9.17) is 0 Å². The number of hydrogen-bond donors (Lipinski definition) is 1. The summed E-state index contributed by atoms with van der Waals surface area (Å²) in [6, 6.07) is 11.8. The van der Waals surface area contributed by atoms with Gasteiger partial charge in [0.2, 0.25) is 0 Å². The predicted molar refractivity (Wildman–Crippen MR) is 106 cm³/mol. The van der Waals surface area contributed by atoms with Crippen molar-refractivity contribution in [1.82, 2.24) is 5.32 Å². The SMILES string of the molecule is CSc1ccc(C=C2C(=O)NC(=O)N(c3ccc(Br)c(C)c3)C2=O)cc1. The lowest BCUT2D eigenvalue weighted by Crippen LogP contribution is -2.54. The predicted octanol–water partition coefficient (Wildman–Crippen LogP) is 4.15. The molecule has 0 saturated carbocycles. The zero-order chi connectivity index (χ0) is 18.8. The topological polar surface area (TPSA) is 66.5 Å². The number of hydrogen-bond acceptors (Lipinski definition) is 4. The molecule has 2 aromatic rings. The number of anilines is 1. The summed E-state index contributed by atoms with van der Waals surface area (Å²) >= 11 is 4.99. The van der Waals surface area contributed by atoms with Crippen molar-refractivity contribution < 1.29 is 14.4 Å². The highest BCUT2D eigenvalue weighted by molar-refractivity contribution is 9.10. The fourth-order valence-corrected chi connectivity index (χ4v) is 3.18. The molecule has 2 aromatic carbocycles. The molecule has 5 nitrogen and oxygen atoms in total. The zero-order valence-corrected chi connectivity index (χ0v) is 16.5. The van der Waals surface area contributed by atoms with Crippen LogP contribution < -0.4 is 10.2 Å². The van der Waals surface area contributed by atoms with E-state index in [1.54, 1.807) is 30.0 Å². The maximum atomic E-state index is 12.8. The second-order valence-electron chi connectivity index (χ2n) is 5.66. The van der Waals surface area contributed by atoms with Crippen LogP contribution in [0.1, 0.15) is 11.1 Å². The number of aryl methyl sites for hydroxylation is 1. The number of nitrogens with zero attached hydrogens (tertiary/aromatic N) is 1. The summed E-state index contributed by atoms with van der Waals surface area (Å²) in [5, 5.41) is 2.23. The molecule has 0 atom stereocenters. The number of urea groups is 1. The zero-order valence-electron chi connectivity index (χ0n) is 14.1. The number of thioether (sulfide) groups is 1. The molecule has 1 heterocycles. The lowest BCUT2D eigenvalue weighted by atomic mass is 10.1. The lowest BCUT2D eigenvalue weighted by Gasteiger charge is -2.26. The highest BCUT2D eigenvalue weighted by Gasteiger charge is 2.36. The van der Waals surface area contributed by atoms with Gasteiger partial charge in [0.25, 0.3) is 11.8 Å². The second kappa shape index (κ2) is 7.47. The van der Waals surface area contributed by atoms with E-state index in [1.165, 1.54) is 6.08 Å². The van der Waals surface area contributed by atoms with Crippen LogP contribution in [0.5, 0.6) is 0 Å². The Morgan fingerprint density at radius 2 is 1.77 bits per heavy atom. The Morgan fingerprint density at radius 3 is 2.38 bits per heavy atom. The molecular weight excluding hydrogens is 416 g/mol. The molecule has 1 fully saturated rings. The van der Waals surface area contributed by atoms with Gasteiger partial charge in [0, 0.05) is 9.37 Å². The van der Waals surface area contributed by atoms with Crippen molar-refractivity contribution in [2.45, 2.75) is 11.8 Å². The highest BCUT2D eigenvalue weighted by Crippen LogP contribution is 2.26. The first-order valence-corrected chi connectivity index (χ1v) is 9.74. The molecule has 0 aromatic heterocycles. The number of benzene rings is 2. The van der Waals surface area contributed by atoms with Gasteiger partial charge in [-0.1, -0.05) is 28.1 Å². The monoisotopic (exact) mass is 430 g/mol. The molecule has 3 rings (SSSR count). The number of nitrogens with one attached hydrogen (secondary N) is 1. The van der Waals surface area contributed by atoms with Crippen molar-refractivity contribution in [2.24, 2.45) is 0 Å². The van der Waals surface area contributed by atoms with Crippen LogP contribution in [0.4, 0.5) is 10.5 Å². The van der Waals surface area contributed by atoms with Crippen molar-refractivity contribution >= 4 is 57.3 Å². The van der Waals surface area contributed by atoms with E-state index in [2.05, 4.69) is 21.2 Å². The quantitative estimate of drug-likeness (QED) is 0.451. The van der Waals surface area contributed by atoms with Crippen LogP contribution in [0.25, 0.3) is 6.08 Å². The maximum absolute atomic E-state index is 12.8. The van der Waals surface area contributed by atoms with Gasteiger partial charge in [-0.25, -0.2) is 9.69 Å². The van der Waals surface area contributed by atoms with Crippen LogP contribution in [0.3, 0.4) is 0 Å². The van der Waals surface area contributed by atoms with Crippen LogP contribution in [-0.4, -0.2) is 24.1 Å². The largest absolute Gasteiger partial charge is 0.335 e. The van der Waals surface area contributed by atoms with Crippen molar-refractivity contribution in [3.8, 4) is 0 Å². The molecule has 1 aliphatic rings. The maximum Gasteiger partial charge on any atom is 0.335 e. The van der Waals surface area contributed by atoms with E-state index in [0.717, 1.165) is 19.8 Å². The molecule has 0 bridgehead atoms. The first kappa shape index (κ1) is 18.4. The molecule has 0 spiro atoms. The molecule has 7 heteroatoms. The van der Waals surface area contributed by atoms with Gasteiger partial charge in [-0.3, -0.25) is 14.9 Å². The van der Waals surface area contributed by atoms with Gasteiger partial charge in [0.1, 0.15) is 5.57 Å². The molecule has 132 valence electrons. The first-order valence-electron chi connectivity index (χ1n) is 7.72. The third-order valence-corrected chi connectivity index (χ3v) is 5.56. The number of imide groups is 2. The van der Waals surface area contributed by atoms with E-state index < -0.39 is 17.8 Å². The smallest absolute Gasteiger partial charge is 0.273 e. The molecular formula is C19H15BrN2O3S. The number of carbonyl (C=O) groups is 3. The summed E-state index contributed by atoms with van der Waals surface area (Å²) < 4.78 is 0.867. The van der Waals surface area contributed by atoms with Crippen LogP contribution >= 0.6 is 27.7 Å². The van der Waals surface area contributed by atoms with Crippen LogP contribution in [0.15, 0.2) is 57.4 Å². The fourth-order valence-electron chi connectivity index (χ4n) is 2.53. The Morgan fingerprint density at radius 1 is 1.08 bits per heavy atom. The standard InChI is InChI=1S/C19H15BrN2O3S/c1-11-9-13(5-8-16(11)20)22-18(24)15(17(23)21-19(22)25)10-12-3-6-14(26-2)7-4-12/h3-10H,1-2H3,(H,21,23,25). The average molecular weight is 431 g/mol. The normalized spacial score (nSPS) is 16.2. The molecule has 0 aliphatic carbocycles. The van der Waals surface area contributed by atoms with E-state index in [1.807, 2.05) is 37.4 Å². The van der Waals surface area contributed by atoms with Crippen molar-refractivity contribution in [3.63, 3.8) is 0 Å². The number of rotatable bonds is 3. The van der Waals surface area contributed by atoms with Crippen LogP contribution in [-0.2, 0) is 9.59 Å². The minimum Gasteiger partial charge on any atom is -0.273 e. The lowest BCUT2D eigenvalue weighted by molar-refractivity contribution is -0.122. The van der Waals surface area contributed by atoms with Gasteiger partial charge >= 0.3 is 6.03 Å². The first-order chi connectivity index (χ1) is 12.4. The molecule has 0 unspecified atom stereocenters. The van der Waals surface area contributed by atoms with Crippen molar-refractivity contribution in [1.29, 1.82) is 0 Å². The van der Waals surface area contributed by atoms with Gasteiger partial charge in [-0.15, -0.1) is 11.8 Å². The Labute approximate surface area is 163 Å². The number of barbiturate groups is 1. The minimum atomic E-state index is -0.753. The highest BCUT2D eigenvalue weighted by atomic mass is 79.9. The van der Waals surface area contributed by atoms with Gasteiger partial charge in [-0.05, 0) is 60.7 Å². The van der Waals surface area contributed by atoms with Crippen molar-refractivity contribution in [2.75, 3.05) is 11.2 Å². The summed E-state index contributed by atoms with van der Waals surface area (Å²) in [5.74, 6) is -1.34. The summed E-state index contributed by atoms with van der Waals surface area (Å²) in [7, 11) is 0. The summed E-state index contributed by atoms with van der Waals surface area (Å²) in [6.07, 6.45) is 3.46. The molecule has 1 saturated heterocycles. The fraction of sp³-hybridized carbons (Fsp3) is 0.105. The number of halogens is 1. The van der Waals surface area contributed by atoms with Gasteiger partial charge < -0.3 is 0 Å². The molecule has 1 N–H and O–H groups in total. The molecule has 26 heavy (non-hydrogen) atoms. The Hall–Kier alpha value is -2.38. The third kappa shape index (κ3) is 3.59. The summed E-state index contributed by atoms with van der Waals surface area (Å²) in [4.78, 5) is 39.3. The van der Waals surface area contributed by atoms with Crippen LogP contribution in [0.2, 0.25) is 0 Å². The number of amides is 4. The van der Waals surface area contributed by atoms with Crippen molar-refractivity contribution in [3.05, 3.63) is 63.6 Å². The van der Waals surface area contributed by atoms with Gasteiger partial charge in [0.15, 0.2) is 0 Å². The van der Waals surface area contributed by atoms with E-state index in [9.17, 15) is 14.4 Å². The number of carbonyl (C=O) groups excluding carboxylic acids is 3. The molecule has 0 radical (unpaired) electrons. The third-order valence-electron chi connectivity index (χ3n) is 3.93. The Kier molecular flexibility index (Phi) is 5.29. The van der Waals surface area contributed by atoms with E-state index in [-0.39, 0.29) is 5.57 Å². The summed E-state index contributed by atoms with van der Waals surface area (Å²) in [5.41, 5.74) is 1.91. The Bertz CT molecular complexity index is 938. The van der Waals surface area contributed by atoms with Crippen LogP contribution in [0, 0.1) is 6.92 Å². The van der Waals surface area contributed by atoms with Gasteiger partial charge in [0.05, 0.1) is 5.69 Å². The average Bonchev–Trinajstić information content (AvgIpc) is 2.62. The van der Waals surface area contributed by atoms with E-state index in [0.29, 0.717) is 11.3 Å². The minimum absolute atomic E-state index is 0.0814. The summed E-state index contributed by atoms with van der Waals surface area (Å²) in [6.45, 7) is 1.86. The molecule has 4 amide bonds. The second-order valence-corrected chi connectivity index (χ2v) is 7.40. The van der Waals surface area contributed by atoms with E-state index >= 15 is 0 Å². The molecule has 1 aliphatic heterocycles.